The summed E-state index contributed by atoms with van der Waals surface area (Å²) in [6.45, 7) is 9.57. The Kier molecular flexibility index (Phi) is 14.3. The summed E-state index contributed by atoms with van der Waals surface area (Å²) in [6, 6.07) is 0. The molecule has 0 spiro atoms. The van der Waals surface area contributed by atoms with Crippen LogP contribution in [0.3, 0.4) is 0 Å². The summed E-state index contributed by atoms with van der Waals surface area (Å²) in [7, 11) is 2.55. The van der Waals surface area contributed by atoms with Gasteiger partial charge in [-0.05, 0) is 0 Å². The van der Waals surface area contributed by atoms with E-state index in [1.165, 1.54) is 80.9 Å². The van der Waals surface area contributed by atoms with Crippen molar-refractivity contribution in [1.29, 1.82) is 0 Å². The molecule has 4 unspecified atom stereocenters. The van der Waals surface area contributed by atoms with Crippen LogP contribution in [0.2, 0.25) is 10.5 Å². The Bertz CT molecular complexity index is 363. The molecule has 0 heterocycles. The summed E-state index contributed by atoms with van der Waals surface area (Å²) in [5.41, 5.74) is 1.80. The Morgan fingerprint density at radius 3 is 1.85 bits per heavy atom. The van der Waals surface area contributed by atoms with Gasteiger partial charge in [0.25, 0.3) is 0 Å². The zero-order chi connectivity index (χ0) is 20.2. The summed E-state index contributed by atoms with van der Waals surface area (Å²) >= 11 is -0.946. The molecule has 161 valence electrons. The van der Waals surface area contributed by atoms with Gasteiger partial charge in [-0.2, -0.15) is 0 Å². The average molecular weight is 449 g/mol. The molecule has 0 N–H and O–H groups in total. The zero-order valence-corrected chi connectivity index (χ0v) is 23.2. The van der Waals surface area contributed by atoms with Crippen LogP contribution in [0.4, 0.5) is 0 Å². The maximum absolute atomic E-state index is 2.74. The molecule has 0 aromatic rings. The van der Waals surface area contributed by atoms with Gasteiger partial charge in [-0.3, -0.25) is 0 Å². The van der Waals surface area contributed by atoms with Gasteiger partial charge in [0.1, 0.15) is 0 Å². The van der Waals surface area contributed by atoms with Gasteiger partial charge in [-0.1, -0.05) is 0 Å². The molecule has 1 aliphatic carbocycles. The van der Waals surface area contributed by atoms with Gasteiger partial charge >= 0.3 is 184 Å². The molecule has 1 saturated carbocycles. The molecule has 27 heavy (non-hydrogen) atoms. The van der Waals surface area contributed by atoms with Crippen molar-refractivity contribution < 1.29 is 17.9 Å². The zero-order valence-electron chi connectivity index (χ0n) is 19.7. The van der Waals surface area contributed by atoms with Gasteiger partial charge < -0.3 is 0 Å². The van der Waals surface area contributed by atoms with Gasteiger partial charge in [0.15, 0.2) is 0 Å². The summed E-state index contributed by atoms with van der Waals surface area (Å²) in [4.78, 5) is 0. The molecule has 0 saturated heterocycles. The first-order valence-corrected chi connectivity index (χ1v) is 18.7. The van der Waals surface area contributed by atoms with Gasteiger partial charge in [-0.25, -0.2) is 0 Å². The van der Waals surface area contributed by atoms with E-state index in [4.69, 9.17) is 0 Å². The van der Waals surface area contributed by atoms with E-state index in [0.717, 1.165) is 14.5 Å². The van der Waals surface area contributed by atoms with Crippen LogP contribution < -0.4 is 0 Å². The second kappa shape index (κ2) is 14.6. The fraction of sp³-hybridized carbons (Fsp3) is 1.00. The Morgan fingerprint density at radius 2 is 1.33 bits per heavy atom. The van der Waals surface area contributed by atoms with Crippen LogP contribution in [-0.2, 0) is 17.9 Å². The predicted octanol–water partition coefficient (Wildman–Crippen LogP) is 9.27. The molecular weight excluding hydrogens is 398 g/mol. The first-order chi connectivity index (χ1) is 13.0. The third kappa shape index (κ3) is 9.08. The van der Waals surface area contributed by atoms with Crippen LogP contribution in [0.15, 0.2) is 0 Å². The van der Waals surface area contributed by atoms with Gasteiger partial charge in [0.2, 0.25) is 0 Å². The molecule has 1 fully saturated rings. The molecular formula is C24H51P2Ti. The number of hydrogen-bond donors (Lipinski definition) is 0. The third-order valence-corrected chi connectivity index (χ3v) is 16.7. The molecule has 3 heteroatoms. The van der Waals surface area contributed by atoms with E-state index in [2.05, 4.69) is 38.2 Å². The minimum absolute atomic E-state index is 0.720. The van der Waals surface area contributed by atoms with E-state index in [0.29, 0.717) is 0 Å². The number of rotatable bonds is 15. The summed E-state index contributed by atoms with van der Waals surface area (Å²) < 4.78 is 0.832. The molecule has 0 nitrogen and oxygen atoms in total. The normalized spacial score (nSPS) is 25.8. The number of hydrogen-bond acceptors (Lipinski definition) is 0. The molecule has 0 aromatic carbocycles. The SMILES string of the molecule is CCCCPC1CC(CCCC)(CCCC)C[C](PCCCC)([Ti]([CH3])[CH3])C1. The van der Waals surface area contributed by atoms with Crippen LogP contribution >= 0.6 is 17.2 Å². The molecule has 4 atom stereocenters. The van der Waals surface area contributed by atoms with Crippen molar-refractivity contribution in [2.75, 3.05) is 12.3 Å². The molecule has 1 aliphatic rings. The van der Waals surface area contributed by atoms with Gasteiger partial charge in [0, 0.05) is 0 Å². The molecule has 1 rings (SSSR count). The molecule has 0 bridgehead atoms. The summed E-state index contributed by atoms with van der Waals surface area (Å²) in [5.74, 6) is 0. The van der Waals surface area contributed by atoms with Crippen LogP contribution in [-0.4, -0.2) is 21.4 Å². The van der Waals surface area contributed by atoms with Gasteiger partial charge in [-0.15, -0.1) is 0 Å². The molecule has 0 aliphatic heterocycles. The maximum atomic E-state index is 2.74. The van der Waals surface area contributed by atoms with Crippen molar-refractivity contribution >= 4 is 17.2 Å². The van der Waals surface area contributed by atoms with Crippen molar-refractivity contribution in [3.8, 4) is 0 Å². The second-order valence-corrected chi connectivity index (χ2v) is 18.6. The summed E-state index contributed by atoms with van der Waals surface area (Å²) in [5, 5.41) is 5.47. The average Bonchev–Trinajstić information content (AvgIpc) is 2.65. The van der Waals surface area contributed by atoms with E-state index in [-0.39, 0.29) is 0 Å². The molecule has 0 radical (unpaired) electrons. The molecule has 0 amide bonds. The van der Waals surface area contributed by atoms with Crippen molar-refractivity contribution in [1.82, 2.24) is 0 Å². The quantitative estimate of drug-likeness (QED) is 0.133. The Morgan fingerprint density at radius 1 is 0.778 bits per heavy atom. The Labute approximate surface area is 183 Å². The second-order valence-electron chi connectivity index (χ2n) is 9.66. The third-order valence-electron chi connectivity index (χ3n) is 6.99. The Balaban J connectivity index is 3.06. The topological polar surface area (TPSA) is 0 Å². The fourth-order valence-electron chi connectivity index (χ4n) is 5.23. The van der Waals surface area contributed by atoms with E-state index in [1.54, 1.807) is 32.1 Å². The summed E-state index contributed by atoms with van der Waals surface area (Å²) in [6.07, 6.45) is 22.5. The van der Waals surface area contributed by atoms with Gasteiger partial charge in [0.05, 0.1) is 0 Å². The van der Waals surface area contributed by atoms with Crippen molar-refractivity contribution in [3.63, 3.8) is 0 Å². The van der Waals surface area contributed by atoms with E-state index < -0.39 is 17.9 Å². The van der Waals surface area contributed by atoms with Crippen LogP contribution in [0.25, 0.3) is 0 Å². The minimum atomic E-state index is -0.946. The van der Waals surface area contributed by atoms with E-state index in [9.17, 15) is 0 Å². The van der Waals surface area contributed by atoms with Crippen LogP contribution in [0.1, 0.15) is 111 Å². The van der Waals surface area contributed by atoms with Crippen molar-refractivity contribution in [2.24, 2.45) is 5.41 Å². The van der Waals surface area contributed by atoms with E-state index >= 15 is 0 Å². The Hall–Kier alpha value is 1.57. The van der Waals surface area contributed by atoms with E-state index in [1.807, 2.05) is 0 Å². The fourth-order valence-corrected chi connectivity index (χ4v) is 14.4. The first kappa shape index (κ1) is 26.6. The van der Waals surface area contributed by atoms with Crippen molar-refractivity contribution in [2.45, 2.75) is 131 Å². The van der Waals surface area contributed by atoms with Crippen molar-refractivity contribution in [3.05, 3.63) is 0 Å². The number of unbranched alkanes of at least 4 members (excludes halogenated alkanes) is 4. The molecule has 0 aromatic heterocycles. The first-order valence-electron chi connectivity index (χ1n) is 12.3. The van der Waals surface area contributed by atoms with Crippen LogP contribution in [0, 0.1) is 5.41 Å². The standard InChI is InChI=1S/C22H45P2.2CH3.Ti/c1-5-9-13-22(14-10-6-2)18-20(23-15-11-7-3)17-21(19-22)24-16-12-8-4;;;/h20,23-24H,5-19H2,1-4H3;2*1H3;. The van der Waals surface area contributed by atoms with Crippen LogP contribution in [0.5, 0.6) is 0 Å². The predicted molar refractivity (Wildman–Crippen MR) is 130 cm³/mol. The monoisotopic (exact) mass is 449 g/mol.